The molecule has 0 saturated carbocycles. The van der Waals surface area contributed by atoms with Crippen LogP contribution in [0.5, 0.6) is 0 Å². The molecule has 0 spiro atoms. The van der Waals surface area contributed by atoms with Crippen molar-refractivity contribution in [3.8, 4) is 0 Å². The van der Waals surface area contributed by atoms with Crippen LogP contribution in [0, 0.1) is 5.82 Å². The maximum Gasteiger partial charge on any atom is 0.261 e. The standard InChI is InChI=1S/C22H20FN3O5S2/c23-16-3-5-17(6-4-16)24-32(28,29)20-11-7-18(8-12-20)25-33(30,31)21-13-9-19(10-14-21)26-15-1-2-22(26)27/h3-14,24-25H,1-2,15H2. The zero-order chi connectivity index (χ0) is 23.6. The SMILES string of the molecule is O=C1CCCN1c1ccc(S(=O)(=O)Nc2ccc(S(=O)(=O)Nc3ccc(F)cc3)cc2)cc1. The zero-order valence-corrected chi connectivity index (χ0v) is 18.9. The van der Waals surface area contributed by atoms with Crippen LogP contribution >= 0.6 is 0 Å². The summed E-state index contributed by atoms with van der Waals surface area (Å²) in [7, 11) is -7.86. The molecule has 4 rings (SSSR count). The Morgan fingerprint density at radius 3 is 1.61 bits per heavy atom. The van der Waals surface area contributed by atoms with Gasteiger partial charge in [-0.2, -0.15) is 0 Å². The van der Waals surface area contributed by atoms with E-state index >= 15 is 0 Å². The lowest BCUT2D eigenvalue weighted by Crippen LogP contribution is -2.23. The Balaban J connectivity index is 1.46. The average molecular weight is 490 g/mol. The molecule has 3 aromatic carbocycles. The number of nitrogens with one attached hydrogen (secondary N) is 2. The van der Waals surface area contributed by atoms with Crippen LogP contribution in [-0.2, 0) is 24.8 Å². The van der Waals surface area contributed by atoms with E-state index in [4.69, 9.17) is 0 Å². The summed E-state index contributed by atoms with van der Waals surface area (Å²) >= 11 is 0. The summed E-state index contributed by atoms with van der Waals surface area (Å²) in [5.41, 5.74) is 1.01. The first-order valence-electron chi connectivity index (χ1n) is 9.96. The summed E-state index contributed by atoms with van der Waals surface area (Å²) in [5.74, 6) is -0.485. The minimum absolute atomic E-state index is 0.00701. The molecule has 172 valence electrons. The van der Waals surface area contributed by atoms with Crippen molar-refractivity contribution in [3.05, 3.63) is 78.6 Å². The maximum atomic E-state index is 13.0. The number of nitrogens with zero attached hydrogens (tertiary/aromatic N) is 1. The van der Waals surface area contributed by atoms with Gasteiger partial charge in [-0.25, -0.2) is 21.2 Å². The largest absolute Gasteiger partial charge is 0.312 e. The molecule has 0 aromatic heterocycles. The minimum Gasteiger partial charge on any atom is -0.312 e. The molecule has 3 aromatic rings. The maximum absolute atomic E-state index is 13.0. The minimum atomic E-state index is -3.94. The molecular weight excluding hydrogens is 469 g/mol. The number of sulfonamides is 2. The van der Waals surface area contributed by atoms with Gasteiger partial charge in [0.15, 0.2) is 0 Å². The van der Waals surface area contributed by atoms with Crippen LogP contribution in [0.3, 0.4) is 0 Å². The van der Waals surface area contributed by atoms with Gasteiger partial charge in [-0.15, -0.1) is 0 Å². The summed E-state index contributed by atoms with van der Waals surface area (Å²) in [6, 6.07) is 16.0. The van der Waals surface area contributed by atoms with E-state index in [1.54, 1.807) is 17.0 Å². The molecule has 0 radical (unpaired) electrons. The van der Waals surface area contributed by atoms with Crippen LogP contribution in [-0.4, -0.2) is 29.3 Å². The fourth-order valence-corrected chi connectivity index (χ4v) is 5.49. The smallest absolute Gasteiger partial charge is 0.261 e. The summed E-state index contributed by atoms with van der Waals surface area (Å²) in [4.78, 5) is 13.4. The van der Waals surface area contributed by atoms with Gasteiger partial charge in [-0.1, -0.05) is 0 Å². The fourth-order valence-electron chi connectivity index (χ4n) is 3.37. The molecule has 0 aliphatic carbocycles. The van der Waals surface area contributed by atoms with E-state index in [0.717, 1.165) is 18.6 Å². The van der Waals surface area contributed by atoms with Gasteiger partial charge in [0, 0.05) is 30.0 Å². The van der Waals surface area contributed by atoms with Gasteiger partial charge in [0.1, 0.15) is 5.82 Å². The topological polar surface area (TPSA) is 113 Å². The van der Waals surface area contributed by atoms with E-state index in [0.29, 0.717) is 18.7 Å². The van der Waals surface area contributed by atoms with Crippen molar-refractivity contribution in [2.75, 3.05) is 20.9 Å². The normalized spacial score (nSPS) is 14.3. The van der Waals surface area contributed by atoms with E-state index in [2.05, 4.69) is 9.44 Å². The van der Waals surface area contributed by atoms with E-state index in [1.807, 2.05) is 0 Å². The Hall–Kier alpha value is -3.44. The molecule has 1 aliphatic heterocycles. The van der Waals surface area contributed by atoms with Gasteiger partial charge in [0.25, 0.3) is 20.0 Å². The highest BCUT2D eigenvalue weighted by Gasteiger charge is 2.23. The summed E-state index contributed by atoms with van der Waals surface area (Å²) in [6.07, 6.45) is 1.25. The summed E-state index contributed by atoms with van der Waals surface area (Å²) in [5, 5.41) is 0. The lowest BCUT2D eigenvalue weighted by molar-refractivity contribution is -0.117. The van der Waals surface area contributed by atoms with Gasteiger partial charge in [0.05, 0.1) is 9.79 Å². The van der Waals surface area contributed by atoms with Crippen LogP contribution < -0.4 is 14.3 Å². The number of anilines is 3. The first-order chi connectivity index (χ1) is 15.6. The van der Waals surface area contributed by atoms with Crippen LogP contribution in [0.25, 0.3) is 0 Å². The highest BCUT2D eigenvalue weighted by Crippen LogP contribution is 2.25. The predicted molar refractivity (Wildman–Crippen MR) is 122 cm³/mol. The van der Waals surface area contributed by atoms with E-state index in [1.165, 1.54) is 48.5 Å². The monoisotopic (exact) mass is 489 g/mol. The van der Waals surface area contributed by atoms with Crippen LogP contribution in [0.4, 0.5) is 21.5 Å². The number of rotatable bonds is 7. The number of carbonyl (C=O) groups excluding carboxylic acids is 1. The molecular formula is C22H20FN3O5S2. The first-order valence-corrected chi connectivity index (χ1v) is 12.9. The molecule has 0 unspecified atom stereocenters. The third-order valence-electron chi connectivity index (χ3n) is 5.05. The molecule has 11 heteroatoms. The first kappa shape index (κ1) is 22.7. The zero-order valence-electron chi connectivity index (χ0n) is 17.2. The van der Waals surface area contributed by atoms with Gasteiger partial charge in [-0.05, 0) is 79.2 Å². The lowest BCUT2D eigenvalue weighted by atomic mass is 10.3. The highest BCUT2D eigenvalue weighted by atomic mass is 32.2. The number of halogens is 1. The van der Waals surface area contributed by atoms with E-state index in [-0.39, 0.29) is 27.1 Å². The summed E-state index contributed by atoms with van der Waals surface area (Å²) < 4.78 is 68.1. The van der Waals surface area contributed by atoms with Crippen molar-refractivity contribution >= 4 is 43.0 Å². The third-order valence-corrected chi connectivity index (χ3v) is 7.84. The molecule has 1 amide bonds. The van der Waals surface area contributed by atoms with Gasteiger partial charge >= 0.3 is 0 Å². The molecule has 1 fully saturated rings. The molecule has 0 bridgehead atoms. The highest BCUT2D eigenvalue weighted by molar-refractivity contribution is 7.93. The Bertz CT molecular complexity index is 1370. The second-order valence-electron chi connectivity index (χ2n) is 7.39. The van der Waals surface area contributed by atoms with Crippen molar-refractivity contribution in [2.24, 2.45) is 0 Å². The second-order valence-corrected chi connectivity index (χ2v) is 10.7. The van der Waals surface area contributed by atoms with E-state index in [9.17, 15) is 26.0 Å². The quantitative estimate of drug-likeness (QED) is 0.527. The molecule has 33 heavy (non-hydrogen) atoms. The van der Waals surface area contributed by atoms with Gasteiger partial charge < -0.3 is 4.90 Å². The molecule has 2 N–H and O–H groups in total. The Morgan fingerprint density at radius 2 is 1.15 bits per heavy atom. The third kappa shape index (κ3) is 5.15. The van der Waals surface area contributed by atoms with Crippen molar-refractivity contribution in [2.45, 2.75) is 22.6 Å². The van der Waals surface area contributed by atoms with Gasteiger partial charge in [0.2, 0.25) is 5.91 Å². The molecule has 1 saturated heterocycles. The van der Waals surface area contributed by atoms with Crippen LogP contribution in [0.1, 0.15) is 12.8 Å². The Morgan fingerprint density at radius 1 is 0.697 bits per heavy atom. The molecule has 0 atom stereocenters. The van der Waals surface area contributed by atoms with Gasteiger partial charge in [-0.3, -0.25) is 14.2 Å². The van der Waals surface area contributed by atoms with Crippen molar-refractivity contribution < 1.29 is 26.0 Å². The average Bonchev–Trinajstić information content (AvgIpc) is 3.21. The van der Waals surface area contributed by atoms with Crippen LogP contribution in [0.2, 0.25) is 0 Å². The van der Waals surface area contributed by atoms with Crippen LogP contribution in [0.15, 0.2) is 82.6 Å². The Labute approximate surface area is 191 Å². The number of hydrogen-bond acceptors (Lipinski definition) is 5. The Kier molecular flexibility index (Phi) is 6.09. The molecule has 8 nitrogen and oxygen atoms in total. The van der Waals surface area contributed by atoms with Crippen molar-refractivity contribution in [1.82, 2.24) is 0 Å². The van der Waals surface area contributed by atoms with Crippen molar-refractivity contribution in [1.29, 1.82) is 0 Å². The predicted octanol–water partition coefficient (Wildman–Crippen LogP) is 3.55. The fraction of sp³-hybridized carbons (Fsp3) is 0.136. The number of benzene rings is 3. The summed E-state index contributed by atoms with van der Waals surface area (Å²) in [6.45, 7) is 0.606. The second kappa shape index (κ2) is 8.83. The molecule has 1 aliphatic rings. The number of amides is 1. The number of carbonyl (C=O) groups is 1. The van der Waals surface area contributed by atoms with Crippen molar-refractivity contribution in [3.63, 3.8) is 0 Å². The van der Waals surface area contributed by atoms with E-state index < -0.39 is 25.9 Å². The molecule has 1 heterocycles. The lowest BCUT2D eigenvalue weighted by Gasteiger charge is -2.16. The number of hydrogen-bond donors (Lipinski definition) is 2.